The van der Waals surface area contributed by atoms with Gasteiger partial charge in [-0.1, -0.05) is 38.1 Å². The number of benzene rings is 1. The summed E-state index contributed by atoms with van der Waals surface area (Å²) in [5.41, 5.74) is 1.28. The summed E-state index contributed by atoms with van der Waals surface area (Å²) in [5, 5.41) is 12.3. The van der Waals surface area contributed by atoms with Gasteiger partial charge in [0.1, 0.15) is 5.54 Å². The van der Waals surface area contributed by atoms with Crippen molar-refractivity contribution in [3.8, 4) is 0 Å². The van der Waals surface area contributed by atoms with Gasteiger partial charge in [0.15, 0.2) is 0 Å². The van der Waals surface area contributed by atoms with Gasteiger partial charge in [-0.05, 0) is 29.4 Å². The predicted molar refractivity (Wildman–Crippen MR) is 89.9 cm³/mol. The number of hydrogen-bond acceptors (Lipinski definition) is 3. The standard InChI is InChI=1S/C19H25NO4/c1-12(2)13-3-5-14(6-4-13)15-11-16(15)17(21)20-19(18(22)23)7-9-24-10-8-19/h3-6,12,15-16H,7-11H2,1-2H3,(H,20,21)(H,22,23). The van der Waals surface area contributed by atoms with Crippen molar-refractivity contribution in [3.05, 3.63) is 35.4 Å². The van der Waals surface area contributed by atoms with Crippen molar-refractivity contribution in [3.63, 3.8) is 0 Å². The van der Waals surface area contributed by atoms with Crippen molar-refractivity contribution in [1.82, 2.24) is 5.32 Å². The molecule has 5 heteroatoms. The van der Waals surface area contributed by atoms with Crippen molar-refractivity contribution in [2.45, 2.75) is 50.5 Å². The smallest absolute Gasteiger partial charge is 0.329 e. The van der Waals surface area contributed by atoms with E-state index < -0.39 is 11.5 Å². The summed E-state index contributed by atoms with van der Waals surface area (Å²) < 4.78 is 5.24. The van der Waals surface area contributed by atoms with E-state index in [1.54, 1.807) is 0 Å². The predicted octanol–water partition coefficient (Wildman–Crippen LogP) is 2.66. The molecule has 0 aromatic heterocycles. The van der Waals surface area contributed by atoms with Gasteiger partial charge in [-0.3, -0.25) is 4.79 Å². The number of carbonyl (C=O) groups excluding carboxylic acids is 1. The summed E-state index contributed by atoms with van der Waals surface area (Å²) in [6.07, 6.45) is 1.45. The van der Waals surface area contributed by atoms with E-state index in [0.717, 1.165) is 12.0 Å². The second-order valence-corrected chi connectivity index (χ2v) is 7.26. The number of carboxylic acid groups (broad SMARTS) is 1. The molecule has 0 radical (unpaired) electrons. The molecule has 1 saturated heterocycles. The van der Waals surface area contributed by atoms with Gasteiger partial charge >= 0.3 is 5.97 Å². The molecule has 2 fully saturated rings. The Bertz CT molecular complexity index is 617. The zero-order valence-corrected chi connectivity index (χ0v) is 14.2. The highest BCUT2D eigenvalue weighted by molar-refractivity contribution is 5.90. The van der Waals surface area contributed by atoms with Crippen LogP contribution in [0.5, 0.6) is 0 Å². The van der Waals surface area contributed by atoms with E-state index in [1.807, 2.05) is 0 Å². The first-order chi connectivity index (χ1) is 11.4. The Labute approximate surface area is 142 Å². The van der Waals surface area contributed by atoms with Gasteiger partial charge in [0.2, 0.25) is 5.91 Å². The molecule has 1 aromatic carbocycles. The van der Waals surface area contributed by atoms with Crippen LogP contribution < -0.4 is 5.32 Å². The molecule has 1 aromatic rings. The van der Waals surface area contributed by atoms with Crippen LogP contribution in [-0.2, 0) is 14.3 Å². The lowest BCUT2D eigenvalue weighted by atomic mass is 9.89. The van der Waals surface area contributed by atoms with Crippen LogP contribution in [0.2, 0.25) is 0 Å². The first-order valence-electron chi connectivity index (χ1n) is 8.66. The summed E-state index contributed by atoms with van der Waals surface area (Å²) in [6.45, 7) is 5.05. The van der Waals surface area contributed by atoms with E-state index in [0.29, 0.717) is 32.0 Å². The highest BCUT2D eigenvalue weighted by Crippen LogP contribution is 2.48. The third-order valence-corrected chi connectivity index (χ3v) is 5.28. The van der Waals surface area contributed by atoms with Crippen LogP contribution in [0.15, 0.2) is 24.3 Å². The van der Waals surface area contributed by atoms with Crippen LogP contribution in [0, 0.1) is 5.92 Å². The van der Waals surface area contributed by atoms with Gasteiger partial charge < -0.3 is 15.2 Å². The Morgan fingerprint density at radius 1 is 1.21 bits per heavy atom. The minimum Gasteiger partial charge on any atom is -0.480 e. The molecular weight excluding hydrogens is 306 g/mol. The molecule has 24 heavy (non-hydrogen) atoms. The average Bonchev–Trinajstić information content (AvgIpc) is 3.36. The van der Waals surface area contributed by atoms with Gasteiger partial charge in [-0.2, -0.15) is 0 Å². The topological polar surface area (TPSA) is 75.6 Å². The van der Waals surface area contributed by atoms with Gasteiger partial charge in [0.25, 0.3) is 0 Å². The fourth-order valence-electron chi connectivity index (χ4n) is 3.42. The van der Waals surface area contributed by atoms with Crippen molar-refractivity contribution in [1.29, 1.82) is 0 Å². The van der Waals surface area contributed by atoms with Crippen LogP contribution in [0.25, 0.3) is 0 Å². The maximum Gasteiger partial charge on any atom is 0.329 e. The molecule has 0 bridgehead atoms. The zero-order chi connectivity index (χ0) is 17.3. The van der Waals surface area contributed by atoms with E-state index >= 15 is 0 Å². The molecule has 3 rings (SSSR count). The molecular formula is C19H25NO4. The number of carbonyl (C=O) groups is 2. The zero-order valence-electron chi connectivity index (χ0n) is 14.2. The number of amides is 1. The molecule has 1 aliphatic heterocycles. The van der Waals surface area contributed by atoms with E-state index in [1.165, 1.54) is 5.56 Å². The van der Waals surface area contributed by atoms with Gasteiger partial charge in [0, 0.05) is 32.0 Å². The Morgan fingerprint density at radius 2 is 1.83 bits per heavy atom. The Morgan fingerprint density at radius 3 is 2.38 bits per heavy atom. The molecule has 1 heterocycles. The van der Waals surface area contributed by atoms with Gasteiger partial charge in [-0.15, -0.1) is 0 Å². The molecule has 130 valence electrons. The molecule has 2 aliphatic rings. The Balaban J connectivity index is 1.64. The van der Waals surface area contributed by atoms with E-state index in [-0.39, 0.29) is 17.7 Å². The number of carboxylic acids is 1. The second-order valence-electron chi connectivity index (χ2n) is 7.26. The Hall–Kier alpha value is -1.88. The number of aliphatic carboxylic acids is 1. The largest absolute Gasteiger partial charge is 0.480 e. The molecule has 1 amide bonds. The van der Waals surface area contributed by atoms with Crippen LogP contribution in [0.1, 0.15) is 56.1 Å². The summed E-state index contributed by atoms with van der Waals surface area (Å²) >= 11 is 0. The molecule has 0 spiro atoms. The average molecular weight is 331 g/mol. The number of ether oxygens (including phenoxy) is 1. The Kier molecular flexibility index (Phi) is 4.63. The lowest BCUT2D eigenvalue weighted by Crippen LogP contribution is -2.57. The van der Waals surface area contributed by atoms with Crippen LogP contribution in [0.3, 0.4) is 0 Å². The fourth-order valence-corrected chi connectivity index (χ4v) is 3.42. The second kappa shape index (κ2) is 6.55. The van der Waals surface area contributed by atoms with Crippen molar-refractivity contribution in [2.75, 3.05) is 13.2 Å². The third-order valence-electron chi connectivity index (χ3n) is 5.28. The summed E-state index contributed by atoms with van der Waals surface area (Å²) in [6, 6.07) is 8.42. The first kappa shape index (κ1) is 17.0. The third kappa shape index (κ3) is 3.31. The molecule has 2 N–H and O–H groups in total. The van der Waals surface area contributed by atoms with E-state index in [4.69, 9.17) is 4.74 Å². The molecule has 1 saturated carbocycles. The quantitative estimate of drug-likeness (QED) is 0.870. The van der Waals surface area contributed by atoms with Crippen LogP contribution in [-0.4, -0.2) is 35.7 Å². The highest BCUT2D eigenvalue weighted by Gasteiger charge is 2.49. The van der Waals surface area contributed by atoms with Crippen LogP contribution in [0.4, 0.5) is 0 Å². The normalized spacial score (nSPS) is 25.3. The van der Waals surface area contributed by atoms with Crippen molar-refractivity contribution >= 4 is 11.9 Å². The summed E-state index contributed by atoms with van der Waals surface area (Å²) in [4.78, 5) is 24.2. The van der Waals surface area contributed by atoms with E-state index in [2.05, 4.69) is 43.4 Å². The molecule has 2 atom stereocenters. The summed E-state index contributed by atoms with van der Waals surface area (Å²) in [5.74, 6) is -0.526. The van der Waals surface area contributed by atoms with Gasteiger partial charge in [0.05, 0.1) is 0 Å². The first-order valence-corrected chi connectivity index (χ1v) is 8.66. The lowest BCUT2D eigenvalue weighted by molar-refractivity contribution is -0.152. The van der Waals surface area contributed by atoms with Crippen molar-refractivity contribution in [2.24, 2.45) is 5.92 Å². The van der Waals surface area contributed by atoms with Gasteiger partial charge in [-0.25, -0.2) is 4.79 Å². The lowest BCUT2D eigenvalue weighted by Gasteiger charge is -2.34. The van der Waals surface area contributed by atoms with Crippen LogP contribution >= 0.6 is 0 Å². The molecule has 1 aliphatic carbocycles. The summed E-state index contributed by atoms with van der Waals surface area (Å²) in [7, 11) is 0. The number of rotatable bonds is 5. The molecule has 2 unspecified atom stereocenters. The van der Waals surface area contributed by atoms with E-state index in [9.17, 15) is 14.7 Å². The monoisotopic (exact) mass is 331 g/mol. The minimum absolute atomic E-state index is 0.117. The minimum atomic E-state index is -1.16. The maximum atomic E-state index is 12.5. The SMILES string of the molecule is CC(C)c1ccc(C2CC2C(=O)NC2(C(=O)O)CCOCC2)cc1. The molecule has 5 nitrogen and oxygen atoms in total. The van der Waals surface area contributed by atoms with Crippen molar-refractivity contribution < 1.29 is 19.4 Å². The highest BCUT2D eigenvalue weighted by atomic mass is 16.5. The fraction of sp³-hybridized carbons (Fsp3) is 0.579. The number of nitrogens with one attached hydrogen (secondary N) is 1. The number of hydrogen-bond donors (Lipinski definition) is 2. The maximum absolute atomic E-state index is 12.5.